The zero-order chi connectivity index (χ0) is 47.0. The summed E-state index contributed by atoms with van der Waals surface area (Å²) in [5.41, 5.74) is 0.468. The van der Waals surface area contributed by atoms with E-state index in [0.717, 1.165) is 5.56 Å². The Labute approximate surface area is 368 Å². The minimum Gasteiger partial charge on any atom is -0.493 e. The van der Waals surface area contributed by atoms with Crippen LogP contribution in [0, 0.1) is 20.2 Å². The highest BCUT2D eigenvalue weighted by Crippen LogP contribution is 2.43. The number of methoxy groups -OCH3 is 1. The van der Waals surface area contributed by atoms with Gasteiger partial charge in [-0.25, -0.2) is 27.3 Å². The molecule has 2 aromatic carbocycles. The molecular weight excluding hydrogens is 871 g/mol. The Morgan fingerprint density at radius 3 is 1.97 bits per heavy atom. The van der Waals surface area contributed by atoms with Gasteiger partial charge in [0.2, 0.25) is 5.75 Å². The van der Waals surface area contributed by atoms with Gasteiger partial charge in [-0.3, -0.25) is 9.98 Å². The molecule has 3 rings (SSSR count). The van der Waals surface area contributed by atoms with E-state index in [1.54, 1.807) is 30.3 Å². The van der Waals surface area contributed by atoms with Gasteiger partial charge in [-0.2, -0.15) is 4.98 Å². The van der Waals surface area contributed by atoms with Gasteiger partial charge < -0.3 is 42.8 Å². The number of hydrogen-bond donors (Lipinski definition) is 0. The van der Waals surface area contributed by atoms with Gasteiger partial charge in [0.1, 0.15) is 13.2 Å². The molecule has 3 aromatic rings. The molecular formula is C39H49N7O17S. The summed E-state index contributed by atoms with van der Waals surface area (Å²) in [4.78, 5) is 70.9. The van der Waals surface area contributed by atoms with Crippen LogP contribution in [0.25, 0.3) is 0 Å². The lowest BCUT2D eigenvalue weighted by Crippen LogP contribution is -2.36. The monoisotopic (exact) mass is 919 g/mol. The number of sulfonamides is 1. The van der Waals surface area contributed by atoms with Crippen LogP contribution in [0.3, 0.4) is 0 Å². The Morgan fingerprint density at radius 1 is 0.812 bits per heavy atom. The third-order valence-electron chi connectivity index (χ3n) is 8.06. The summed E-state index contributed by atoms with van der Waals surface area (Å²) in [6.45, 7) is 6.27. The van der Waals surface area contributed by atoms with Crippen molar-refractivity contribution in [3.05, 3.63) is 92.4 Å². The van der Waals surface area contributed by atoms with Crippen molar-refractivity contribution in [1.82, 2.24) is 9.97 Å². The first-order chi connectivity index (χ1) is 30.6. The highest BCUT2D eigenvalue weighted by Gasteiger charge is 2.34. The molecule has 0 unspecified atom stereocenters. The van der Waals surface area contributed by atoms with Gasteiger partial charge in [-0.15, -0.1) is 20.2 Å². The molecule has 0 fully saturated rings. The number of carbonyl (C=O) groups is 2. The molecule has 24 nitrogen and oxygen atoms in total. The molecule has 1 aromatic heterocycles. The first-order valence-electron chi connectivity index (χ1n) is 19.3. The predicted molar refractivity (Wildman–Crippen MR) is 225 cm³/mol. The third-order valence-corrected chi connectivity index (χ3v) is 9.78. The number of aromatic nitrogens is 2. The molecule has 0 aliphatic rings. The molecule has 0 amide bonds. The maximum Gasteiger partial charge on any atom is 0.510 e. The molecule has 64 heavy (non-hydrogen) atoms. The lowest BCUT2D eigenvalue weighted by Gasteiger charge is -2.26. The molecule has 0 aliphatic heterocycles. The fourth-order valence-electron chi connectivity index (χ4n) is 4.95. The van der Waals surface area contributed by atoms with Crippen LogP contribution in [0.2, 0.25) is 0 Å². The number of carbonyl (C=O) groups excluding carboxylic acids is 2. The largest absolute Gasteiger partial charge is 0.510 e. The summed E-state index contributed by atoms with van der Waals surface area (Å²) in [5.74, 6) is -1.19. The lowest BCUT2D eigenvalue weighted by molar-refractivity contribution is -0.757. The number of para-hydroxylation sites is 2. The summed E-state index contributed by atoms with van der Waals surface area (Å²) in [7, 11) is -3.36. The highest BCUT2D eigenvalue weighted by molar-refractivity contribution is 7.92. The first-order valence-corrected chi connectivity index (χ1v) is 20.7. The number of rotatable bonds is 28. The first kappa shape index (κ1) is 51.0. The predicted octanol–water partition coefficient (Wildman–Crippen LogP) is 6.18. The Balaban J connectivity index is 2.11. The van der Waals surface area contributed by atoms with Gasteiger partial charge in [0.05, 0.1) is 45.0 Å². The van der Waals surface area contributed by atoms with E-state index in [1.807, 2.05) is 20.8 Å². The van der Waals surface area contributed by atoms with Gasteiger partial charge in [-0.1, -0.05) is 45.0 Å². The smallest absolute Gasteiger partial charge is 0.493 e. The number of unbranched alkanes of at least 4 members (excludes halogenated alkanes) is 2. The number of allylic oxidation sites excluding steroid dienone is 1. The van der Waals surface area contributed by atoms with Crippen molar-refractivity contribution >= 4 is 41.1 Å². The molecule has 0 saturated carbocycles. The Kier molecular flexibility index (Phi) is 20.9. The summed E-state index contributed by atoms with van der Waals surface area (Å²) >= 11 is 0. The van der Waals surface area contributed by atoms with E-state index in [2.05, 4.69) is 36.3 Å². The van der Waals surface area contributed by atoms with Crippen LogP contribution in [0.15, 0.2) is 75.7 Å². The van der Waals surface area contributed by atoms with Crippen LogP contribution in [0.4, 0.5) is 15.4 Å². The van der Waals surface area contributed by atoms with E-state index in [-0.39, 0.29) is 92.2 Å². The molecule has 0 radical (unpaired) electrons. The second-order valence-electron chi connectivity index (χ2n) is 13.7. The van der Waals surface area contributed by atoms with Crippen molar-refractivity contribution in [2.75, 3.05) is 57.8 Å². The van der Waals surface area contributed by atoms with Crippen LogP contribution in [0.1, 0.15) is 57.8 Å². The van der Waals surface area contributed by atoms with E-state index in [1.165, 1.54) is 43.8 Å². The molecule has 0 saturated heterocycles. The zero-order valence-corrected chi connectivity index (χ0v) is 36.3. The van der Waals surface area contributed by atoms with E-state index in [0.29, 0.717) is 4.31 Å². The standard InChI is InChI=1S/C39H49N7O17S/c1-39(2,3)29-15-17-30(18-16-29)64(53,54)44(28-60-38(48)58-22-9-11-24-62-46(51)52)35-34(63-32-14-7-6-13-31(32)55-5)36(43-33(42-35)27-41-20-12-19-40-4)56-25-26-59-37(47)57-21-8-10-23-61-45(49)50/h6-7,12-20H,4,8-11,21-28H2,1-3,5H3/b19-12-,41-20?. The molecule has 0 aliphatic carbocycles. The van der Waals surface area contributed by atoms with Crippen LogP contribution in [0.5, 0.6) is 23.1 Å². The number of hydrogen-bond acceptors (Lipinski definition) is 21. The van der Waals surface area contributed by atoms with Crippen LogP contribution >= 0.6 is 0 Å². The van der Waals surface area contributed by atoms with Crippen molar-refractivity contribution in [2.24, 2.45) is 9.98 Å². The Bertz CT molecular complexity index is 2180. The normalized spacial score (nSPS) is 11.4. The molecule has 0 N–H and O–H groups in total. The van der Waals surface area contributed by atoms with Crippen LogP contribution in [-0.2, 0) is 50.6 Å². The van der Waals surface area contributed by atoms with E-state index in [4.69, 9.17) is 33.2 Å². The number of anilines is 1. The minimum atomic E-state index is -4.74. The summed E-state index contributed by atoms with van der Waals surface area (Å²) in [6.07, 6.45) is 2.62. The average molecular weight is 920 g/mol. The van der Waals surface area contributed by atoms with Gasteiger partial charge >= 0.3 is 12.3 Å². The number of nitrogens with zero attached hydrogens (tertiary/aromatic N) is 7. The molecule has 1 heterocycles. The van der Waals surface area contributed by atoms with E-state index < -0.39 is 64.0 Å². The number of aliphatic imine (C=N–C) groups is 2. The van der Waals surface area contributed by atoms with Crippen molar-refractivity contribution in [1.29, 1.82) is 0 Å². The van der Waals surface area contributed by atoms with Crippen LogP contribution < -0.4 is 18.5 Å². The second-order valence-corrected chi connectivity index (χ2v) is 15.5. The number of ether oxygens (including phenoxy) is 7. The molecule has 348 valence electrons. The molecule has 0 atom stereocenters. The number of benzene rings is 2. The minimum absolute atomic E-state index is 0.0456. The zero-order valence-electron chi connectivity index (χ0n) is 35.5. The Hall–Kier alpha value is -7.31. The SMILES string of the molecule is C=N/C=C\C=NCc1nc(OCCOC(=O)OCCCCO[N+](=O)[O-])c(Oc2ccccc2OC)c(N(COC(=O)OCCCCO[N+](=O)[O-])S(=O)(=O)c2ccc(C(C)(C)C)cc2)n1. The lowest BCUT2D eigenvalue weighted by atomic mass is 9.87. The van der Waals surface area contributed by atoms with E-state index >= 15 is 0 Å². The summed E-state index contributed by atoms with van der Waals surface area (Å²) < 4.78 is 68.4. The van der Waals surface area contributed by atoms with Gasteiger partial charge in [-0.05, 0) is 73.7 Å². The quantitative estimate of drug-likeness (QED) is 0.0196. The fraction of sp³-hybridized carbons (Fsp3) is 0.436. The maximum absolute atomic E-state index is 14.8. The van der Waals surface area contributed by atoms with Gasteiger partial charge in [0, 0.05) is 12.4 Å². The van der Waals surface area contributed by atoms with Crippen molar-refractivity contribution in [3.63, 3.8) is 0 Å². The van der Waals surface area contributed by atoms with Gasteiger partial charge in [0.15, 0.2) is 29.9 Å². The van der Waals surface area contributed by atoms with Crippen molar-refractivity contribution in [3.8, 4) is 23.1 Å². The molecule has 0 bridgehead atoms. The Morgan fingerprint density at radius 2 is 1.39 bits per heavy atom. The fourth-order valence-corrected chi connectivity index (χ4v) is 6.23. The average Bonchev–Trinajstić information content (AvgIpc) is 3.25. The maximum atomic E-state index is 14.8. The molecule has 0 spiro atoms. The van der Waals surface area contributed by atoms with E-state index in [9.17, 15) is 38.2 Å². The van der Waals surface area contributed by atoms with Gasteiger partial charge in [0.25, 0.3) is 26.1 Å². The summed E-state index contributed by atoms with van der Waals surface area (Å²) in [5, 5.41) is 18.9. The topological polar surface area (TPSA) is 291 Å². The molecule has 25 heteroatoms. The van der Waals surface area contributed by atoms with Crippen molar-refractivity contribution in [2.45, 2.75) is 63.3 Å². The van der Waals surface area contributed by atoms with Crippen LogP contribution in [-0.4, -0.2) is 107 Å². The van der Waals surface area contributed by atoms with Crippen molar-refractivity contribution < 1.29 is 71.0 Å². The summed E-state index contributed by atoms with van der Waals surface area (Å²) in [6, 6.07) is 12.3. The second kappa shape index (κ2) is 26.2. The third kappa shape index (κ3) is 17.6. The highest BCUT2D eigenvalue weighted by atomic mass is 32.2.